The molecule has 1 heterocycles. The lowest BCUT2D eigenvalue weighted by atomic mass is 9.84. The lowest BCUT2D eigenvalue weighted by molar-refractivity contribution is -0.166. The van der Waals surface area contributed by atoms with Crippen LogP contribution in [0.1, 0.15) is 32.8 Å². The zero-order valence-corrected chi connectivity index (χ0v) is 14.6. The van der Waals surface area contributed by atoms with E-state index < -0.39 is 0 Å². The smallest absolute Gasteiger partial charge is 0.0781 e. The molecule has 1 aliphatic rings. The van der Waals surface area contributed by atoms with Crippen molar-refractivity contribution < 1.29 is 18.9 Å². The molecule has 0 bridgehead atoms. The maximum absolute atomic E-state index is 5.92. The largest absolute Gasteiger partial charge is 0.380 e. The van der Waals surface area contributed by atoms with Crippen molar-refractivity contribution in [3.63, 3.8) is 0 Å². The van der Waals surface area contributed by atoms with Crippen molar-refractivity contribution in [2.75, 3.05) is 33.0 Å². The number of benzene rings is 1. The molecule has 2 rings (SSSR count). The third-order valence-electron chi connectivity index (χ3n) is 4.32. The van der Waals surface area contributed by atoms with Crippen molar-refractivity contribution in [1.29, 1.82) is 0 Å². The van der Waals surface area contributed by atoms with Crippen LogP contribution in [0.5, 0.6) is 0 Å². The van der Waals surface area contributed by atoms with Crippen LogP contribution in [0.3, 0.4) is 0 Å². The minimum Gasteiger partial charge on any atom is -0.380 e. The van der Waals surface area contributed by atoms with Gasteiger partial charge in [-0.25, -0.2) is 0 Å². The number of rotatable bonds is 11. The predicted molar refractivity (Wildman–Crippen MR) is 90.5 cm³/mol. The Balaban J connectivity index is 1.54. The van der Waals surface area contributed by atoms with E-state index in [1.165, 1.54) is 5.56 Å². The molecule has 4 nitrogen and oxygen atoms in total. The Bertz CT molecular complexity index is 425. The second kappa shape index (κ2) is 9.38. The molecule has 2 atom stereocenters. The van der Waals surface area contributed by atoms with Crippen molar-refractivity contribution in [1.82, 2.24) is 0 Å². The molecule has 1 aliphatic heterocycles. The van der Waals surface area contributed by atoms with Crippen LogP contribution in [0.4, 0.5) is 0 Å². The quantitative estimate of drug-likeness (QED) is 0.625. The minimum atomic E-state index is 0.0666. The van der Waals surface area contributed by atoms with Gasteiger partial charge in [-0.2, -0.15) is 0 Å². The maximum Gasteiger partial charge on any atom is 0.0781 e. The van der Waals surface area contributed by atoms with Crippen LogP contribution in [0, 0.1) is 5.41 Å². The van der Waals surface area contributed by atoms with E-state index in [1.807, 2.05) is 25.1 Å². The maximum atomic E-state index is 5.92. The van der Waals surface area contributed by atoms with Gasteiger partial charge in [-0.3, -0.25) is 0 Å². The Hall–Kier alpha value is -0.940. The summed E-state index contributed by atoms with van der Waals surface area (Å²) in [6, 6.07) is 10.2. The van der Waals surface area contributed by atoms with Crippen molar-refractivity contribution in [2.24, 2.45) is 5.41 Å². The van der Waals surface area contributed by atoms with E-state index in [0.717, 1.165) is 26.2 Å². The molecule has 0 aromatic heterocycles. The highest BCUT2D eigenvalue weighted by Crippen LogP contribution is 2.31. The van der Waals surface area contributed by atoms with E-state index in [1.54, 1.807) is 0 Å². The van der Waals surface area contributed by atoms with Crippen LogP contribution in [0.25, 0.3) is 0 Å². The van der Waals surface area contributed by atoms with Crippen LogP contribution >= 0.6 is 0 Å². The molecule has 1 saturated heterocycles. The van der Waals surface area contributed by atoms with E-state index in [-0.39, 0.29) is 17.6 Å². The molecule has 0 saturated carbocycles. The first-order chi connectivity index (χ1) is 11.1. The van der Waals surface area contributed by atoms with E-state index in [9.17, 15) is 0 Å². The fourth-order valence-electron chi connectivity index (χ4n) is 2.41. The topological polar surface area (TPSA) is 36.9 Å². The molecule has 23 heavy (non-hydrogen) atoms. The van der Waals surface area contributed by atoms with Crippen LogP contribution in [-0.4, -0.2) is 45.2 Å². The summed E-state index contributed by atoms with van der Waals surface area (Å²) in [4.78, 5) is 0. The SMILES string of the molecule is CCC1(COC(C)COC(C)COCc2ccccc2)COC1. The number of ether oxygens (including phenoxy) is 4. The van der Waals surface area contributed by atoms with Gasteiger partial charge in [0.05, 0.1) is 51.8 Å². The second-order valence-electron chi connectivity index (χ2n) is 6.61. The summed E-state index contributed by atoms with van der Waals surface area (Å²) in [5.74, 6) is 0. The fraction of sp³-hybridized carbons (Fsp3) is 0.684. The van der Waals surface area contributed by atoms with Crippen molar-refractivity contribution in [2.45, 2.75) is 46.0 Å². The van der Waals surface area contributed by atoms with E-state index in [4.69, 9.17) is 18.9 Å². The Morgan fingerprint density at radius 2 is 1.74 bits per heavy atom. The monoisotopic (exact) mass is 322 g/mol. The lowest BCUT2D eigenvalue weighted by Crippen LogP contribution is -2.46. The molecule has 0 aliphatic carbocycles. The molecule has 130 valence electrons. The number of hydrogen-bond donors (Lipinski definition) is 0. The Kier molecular flexibility index (Phi) is 7.50. The van der Waals surface area contributed by atoms with Gasteiger partial charge in [0.25, 0.3) is 0 Å². The van der Waals surface area contributed by atoms with Crippen LogP contribution < -0.4 is 0 Å². The summed E-state index contributed by atoms with van der Waals surface area (Å²) >= 11 is 0. The fourth-order valence-corrected chi connectivity index (χ4v) is 2.41. The first kappa shape index (κ1) is 18.4. The van der Waals surface area contributed by atoms with Crippen LogP contribution in [-0.2, 0) is 25.6 Å². The summed E-state index contributed by atoms with van der Waals surface area (Å²) in [7, 11) is 0. The van der Waals surface area contributed by atoms with E-state index in [0.29, 0.717) is 19.8 Å². The summed E-state index contributed by atoms with van der Waals surface area (Å²) < 4.78 is 22.7. The Morgan fingerprint density at radius 1 is 1.04 bits per heavy atom. The van der Waals surface area contributed by atoms with Gasteiger partial charge in [0.15, 0.2) is 0 Å². The molecule has 2 unspecified atom stereocenters. The van der Waals surface area contributed by atoms with Gasteiger partial charge in [-0.1, -0.05) is 37.3 Å². The van der Waals surface area contributed by atoms with Crippen molar-refractivity contribution in [3.8, 4) is 0 Å². The molecular formula is C19H30O4. The molecule has 1 fully saturated rings. The average Bonchev–Trinajstić information content (AvgIpc) is 2.53. The highest BCUT2D eigenvalue weighted by Gasteiger charge is 2.37. The molecule has 0 radical (unpaired) electrons. The number of hydrogen-bond acceptors (Lipinski definition) is 4. The first-order valence-corrected chi connectivity index (χ1v) is 8.56. The third kappa shape index (κ3) is 6.22. The van der Waals surface area contributed by atoms with E-state index in [2.05, 4.69) is 26.0 Å². The van der Waals surface area contributed by atoms with Gasteiger partial charge >= 0.3 is 0 Å². The minimum absolute atomic E-state index is 0.0666. The van der Waals surface area contributed by atoms with Gasteiger partial charge in [-0.15, -0.1) is 0 Å². The zero-order valence-electron chi connectivity index (χ0n) is 14.6. The van der Waals surface area contributed by atoms with Crippen molar-refractivity contribution in [3.05, 3.63) is 35.9 Å². The zero-order chi connectivity index (χ0) is 16.5. The van der Waals surface area contributed by atoms with Gasteiger partial charge in [0, 0.05) is 5.41 Å². The highest BCUT2D eigenvalue weighted by molar-refractivity contribution is 5.13. The van der Waals surface area contributed by atoms with E-state index >= 15 is 0 Å². The molecule has 0 spiro atoms. The van der Waals surface area contributed by atoms with Gasteiger partial charge < -0.3 is 18.9 Å². The molecule has 0 amide bonds. The predicted octanol–water partition coefficient (Wildman–Crippen LogP) is 3.44. The van der Waals surface area contributed by atoms with Gasteiger partial charge in [-0.05, 0) is 25.8 Å². The molecule has 0 N–H and O–H groups in total. The summed E-state index contributed by atoms with van der Waals surface area (Å²) in [6.07, 6.45) is 1.26. The van der Waals surface area contributed by atoms with Crippen LogP contribution in [0.15, 0.2) is 30.3 Å². The van der Waals surface area contributed by atoms with Gasteiger partial charge in [0.1, 0.15) is 0 Å². The second-order valence-corrected chi connectivity index (χ2v) is 6.61. The summed E-state index contributed by atoms with van der Waals surface area (Å²) in [6.45, 7) is 10.5. The average molecular weight is 322 g/mol. The Labute approximate surface area is 140 Å². The lowest BCUT2D eigenvalue weighted by Gasteiger charge is -2.41. The molecule has 4 heteroatoms. The molecular weight excluding hydrogens is 292 g/mol. The molecule has 1 aromatic rings. The molecule has 1 aromatic carbocycles. The summed E-state index contributed by atoms with van der Waals surface area (Å²) in [5, 5.41) is 0. The van der Waals surface area contributed by atoms with Crippen molar-refractivity contribution >= 4 is 0 Å². The normalized spacial score (nSPS) is 19.1. The first-order valence-electron chi connectivity index (χ1n) is 8.56. The third-order valence-corrected chi connectivity index (χ3v) is 4.32. The highest BCUT2D eigenvalue weighted by atomic mass is 16.6. The van der Waals surface area contributed by atoms with Crippen LogP contribution in [0.2, 0.25) is 0 Å². The Morgan fingerprint density at radius 3 is 2.35 bits per heavy atom. The summed E-state index contributed by atoms with van der Waals surface area (Å²) in [5.41, 5.74) is 1.42. The van der Waals surface area contributed by atoms with Gasteiger partial charge in [0.2, 0.25) is 0 Å². The standard InChI is InChI=1S/C19H30O4/c1-4-19(13-21-14-19)15-23-17(3)11-22-16(2)10-20-12-18-8-6-5-7-9-18/h5-9,16-17H,4,10-15H2,1-3H3.